The Kier molecular flexibility index (Phi) is 4.89. The van der Waals surface area contributed by atoms with Gasteiger partial charge in [-0.25, -0.2) is 0 Å². The number of thioether (sulfide) groups is 1. The summed E-state index contributed by atoms with van der Waals surface area (Å²) < 4.78 is 5.44. The maximum absolute atomic E-state index is 5.44. The maximum Gasteiger partial charge on any atom is 0.128 e. The summed E-state index contributed by atoms with van der Waals surface area (Å²) >= 11 is 2.04. The van der Waals surface area contributed by atoms with Crippen LogP contribution in [-0.4, -0.2) is 29.6 Å². The van der Waals surface area contributed by atoms with E-state index in [-0.39, 0.29) is 0 Å². The summed E-state index contributed by atoms with van der Waals surface area (Å²) in [7, 11) is 1.73. The van der Waals surface area contributed by atoms with Gasteiger partial charge in [-0.15, -0.1) is 0 Å². The lowest BCUT2D eigenvalue weighted by Crippen LogP contribution is -2.33. The van der Waals surface area contributed by atoms with Crippen molar-refractivity contribution in [2.45, 2.75) is 39.3 Å². The lowest BCUT2D eigenvalue weighted by atomic mass is 10.1. The molecule has 0 radical (unpaired) electrons. The topological polar surface area (TPSA) is 34.1 Å². The zero-order chi connectivity index (χ0) is 13.0. The fourth-order valence-corrected chi connectivity index (χ4v) is 3.50. The maximum atomic E-state index is 5.44. The number of hydrogen-bond acceptors (Lipinski definition) is 4. The molecule has 1 aliphatic rings. The van der Waals surface area contributed by atoms with E-state index in [0.717, 1.165) is 29.1 Å². The van der Waals surface area contributed by atoms with Gasteiger partial charge < -0.3 is 10.1 Å². The SMILES string of the molecule is COc1c(C)cnc(CNC2CCCSC2)c1C. The number of methoxy groups -OCH3 is 1. The number of aromatic nitrogens is 1. The molecule has 0 saturated carbocycles. The van der Waals surface area contributed by atoms with Crippen LogP contribution in [0.3, 0.4) is 0 Å². The average molecular weight is 266 g/mol. The summed E-state index contributed by atoms with van der Waals surface area (Å²) in [5.41, 5.74) is 3.37. The Morgan fingerprint density at radius 2 is 2.33 bits per heavy atom. The van der Waals surface area contributed by atoms with Gasteiger partial charge in [-0.1, -0.05) is 0 Å². The molecular formula is C14H22N2OS. The Hall–Kier alpha value is -0.740. The fraction of sp³-hybridized carbons (Fsp3) is 0.643. The Morgan fingerprint density at radius 3 is 3.00 bits per heavy atom. The largest absolute Gasteiger partial charge is 0.496 e. The van der Waals surface area contributed by atoms with Crippen LogP contribution in [0.2, 0.25) is 0 Å². The van der Waals surface area contributed by atoms with Crippen molar-refractivity contribution in [2.24, 2.45) is 0 Å². The van der Waals surface area contributed by atoms with Crippen LogP contribution in [0.15, 0.2) is 6.20 Å². The molecule has 1 aromatic heterocycles. The zero-order valence-corrected chi connectivity index (χ0v) is 12.3. The monoisotopic (exact) mass is 266 g/mol. The van der Waals surface area contributed by atoms with E-state index in [2.05, 4.69) is 17.2 Å². The number of aryl methyl sites for hydroxylation is 1. The molecule has 1 unspecified atom stereocenters. The van der Waals surface area contributed by atoms with Gasteiger partial charge in [0.1, 0.15) is 5.75 Å². The second kappa shape index (κ2) is 6.43. The van der Waals surface area contributed by atoms with E-state index in [0.29, 0.717) is 6.04 Å². The molecule has 100 valence electrons. The molecule has 0 bridgehead atoms. The molecule has 0 aliphatic carbocycles. The molecule has 1 saturated heterocycles. The molecule has 1 fully saturated rings. The van der Waals surface area contributed by atoms with Gasteiger partial charge in [0.2, 0.25) is 0 Å². The van der Waals surface area contributed by atoms with E-state index >= 15 is 0 Å². The normalized spacial score (nSPS) is 19.8. The van der Waals surface area contributed by atoms with E-state index in [4.69, 9.17) is 4.74 Å². The van der Waals surface area contributed by atoms with Gasteiger partial charge in [0.05, 0.1) is 12.8 Å². The standard InChI is InChI=1S/C14H22N2OS/c1-10-7-16-13(11(2)14(10)17-3)8-15-12-5-4-6-18-9-12/h7,12,15H,4-6,8-9H2,1-3H3. The summed E-state index contributed by atoms with van der Waals surface area (Å²) in [5, 5.41) is 3.61. The molecule has 1 aromatic rings. The first-order valence-electron chi connectivity index (χ1n) is 6.52. The highest BCUT2D eigenvalue weighted by atomic mass is 32.2. The van der Waals surface area contributed by atoms with Crippen LogP contribution >= 0.6 is 11.8 Å². The van der Waals surface area contributed by atoms with Crippen molar-refractivity contribution < 1.29 is 4.74 Å². The first-order chi connectivity index (χ1) is 8.72. The average Bonchev–Trinajstić information content (AvgIpc) is 2.40. The predicted octanol–water partition coefficient (Wildman–Crippen LogP) is 2.69. The van der Waals surface area contributed by atoms with E-state index in [1.54, 1.807) is 7.11 Å². The third kappa shape index (κ3) is 3.18. The van der Waals surface area contributed by atoms with Crippen molar-refractivity contribution in [3.63, 3.8) is 0 Å². The van der Waals surface area contributed by atoms with Gasteiger partial charge in [-0.3, -0.25) is 4.98 Å². The Balaban J connectivity index is 2.00. The molecule has 3 nitrogen and oxygen atoms in total. The summed E-state index contributed by atoms with van der Waals surface area (Å²) in [4.78, 5) is 4.52. The molecule has 4 heteroatoms. The smallest absolute Gasteiger partial charge is 0.128 e. The van der Waals surface area contributed by atoms with Crippen molar-refractivity contribution in [2.75, 3.05) is 18.6 Å². The molecule has 0 amide bonds. The van der Waals surface area contributed by atoms with Crippen molar-refractivity contribution in [3.05, 3.63) is 23.0 Å². The van der Waals surface area contributed by atoms with Crippen LogP contribution in [0.25, 0.3) is 0 Å². The van der Waals surface area contributed by atoms with Gasteiger partial charge >= 0.3 is 0 Å². The van der Waals surface area contributed by atoms with Crippen LogP contribution < -0.4 is 10.1 Å². The third-order valence-electron chi connectivity index (χ3n) is 3.47. The minimum Gasteiger partial charge on any atom is -0.496 e. The molecule has 1 atom stereocenters. The highest BCUT2D eigenvalue weighted by molar-refractivity contribution is 7.99. The first-order valence-corrected chi connectivity index (χ1v) is 7.68. The molecule has 1 N–H and O–H groups in total. The molecule has 2 rings (SSSR count). The lowest BCUT2D eigenvalue weighted by molar-refractivity contribution is 0.405. The number of pyridine rings is 1. The quantitative estimate of drug-likeness (QED) is 0.908. The lowest BCUT2D eigenvalue weighted by Gasteiger charge is -2.23. The zero-order valence-electron chi connectivity index (χ0n) is 11.5. The van der Waals surface area contributed by atoms with Gasteiger partial charge in [0.15, 0.2) is 0 Å². The third-order valence-corrected chi connectivity index (χ3v) is 4.68. The summed E-state index contributed by atoms with van der Waals surface area (Å²) in [5.74, 6) is 3.51. The number of hydrogen-bond donors (Lipinski definition) is 1. The second-order valence-corrected chi connectivity index (χ2v) is 5.99. The minimum atomic E-state index is 0.636. The van der Waals surface area contributed by atoms with E-state index < -0.39 is 0 Å². The molecule has 1 aliphatic heterocycles. The molecule has 18 heavy (non-hydrogen) atoms. The van der Waals surface area contributed by atoms with Crippen molar-refractivity contribution in [1.82, 2.24) is 10.3 Å². The van der Waals surface area contributed by atoms with E-state index in [1.807, 2.05) is 24.9 Å². The fourth-order valence-electron chi connectivity index (χ4n) is 2.39. The Morgan fingerprint density at radius 1 is 1.50 bits per heavy atom. The van der Waals surface area contributed by atoms with Gasteiger partial charge in [0, 0.05) is 35.7 Å². The van der Waals surface area contributed by atoms with Crippen molar-refractivity contribution in [3.8, 4) is 5.75 Å². The molecule has 0 aromatic carbocycles. The van der Waals surface area contributed by atoms with Crippen LogP contribution in [0, 0.1) is 13.8 Å². The van der Waals surface area contributed by atoms with Crippen LogP contribution in [0.1, 0.15) is 29.7 Å². The van der Waals surface area contributed by atoms with Crippen LogP contribution in [0.5, 0.6) is 5.75 Å². The van der Waals surface area contributed by atoms with Crippen molar-refractivity contribution >= 4 is 11.8 Å². The highest BCUT2D eigenvalue weighted by Crippen LogP contribution is 2.24. The van der Waals surface area contributed by atoms with Gasteiger partial charge in [-0.2, -0.15) is 11.8 Å². The van der Waals surface area contributed by atoms with E-state index in [9.17, 15) is 0 Å². The number of nitrogens with one attached hydrogen (secondary N) is 1. The van der Waals surface area contributed by atoms with Crippen LogP contribution in [0.4, 0.5) is 0 Å². The van der Waals surface area contributed by atoms with Crippen molar-refractivity contribution in [1.29, 1.82) is 0 Å². The summed E-state index contributed by atoms with van der Waals surface area (Å²) in [6.45, 7) is 4.97. The Bertz CT molecular complexity index is 403. The molecule has 2 heterocycles. The predicted molar refractivity (Wildman–Crippen MR) is 77.4 cm³/mol. The second-order valence-electron chi connectivity index (χ2n) is 4.84. The number of rotatable bonds is 4. The number of nitrogens with zero attached hydrogens (tertiary/aromatic N) is 1. The minimum absolute atomic E-state index is 0.636. The highest BCUT2D eigenvalue weighted by Gasteiger charge is 2.15. The molecule has 0 spiro atoms. The summed E-state index contributed by atoms with van der Waals surface area (Å²) in [6, 6.07) is 0.636. The number of ether oxygens (including phenoxy) is 1. The molecular weight excluding hydrogens is 244 g/mol. The van der Waals surface area contributed by atoms with Gasteiger partial charge in [-0.05, 0) is 32.4 Å². The van der Waals surface area contributed by atoms with Crippen LogP contribution in [-0.2, 0) is 6.54 Å². The first kappa shape index (κ1) is 13.7. The van der Waals surface area contributed by atoms with Gasteiger partial charge in [0.25, 0.3) is 0 Å². The van der Waals surface area contributed by atoms with E-state index in [1.165, 1.54) is 24.3 Å². The Labute approximate surface area is 114 Å². The summed E-state index contributed by atoms with van der Waals surface area (Å²) in [6.07, 6.45) is 4.51.